The van der Waals surface area contributed by atoms with Crippen LogP contribution in [0, 0.1) is 0 Å². The molecule has 0 unspecified atom stereocenters. The zero-order valence-corrected chi connectivity index (χ0v) is 14.8. The molecule has 6 nitrogen and oxygen atoms in total. The summed E-state index contributed by atoms with van der Waals surface area (Å²) in [5.41, 5.74) is 8.08. The Kier molecular flexibility index (Phi) is 4.77. The number of alkyl halides is 1. The van der Waals surface area contributed by atoms with E-state index in [1.54, 1.807) is 24.8 Å². The number of benzene rings is 1. The van der Waals surface area contributed by atoms with Gasteiger partial charge in [-0.05, 0) is 23.9 Å². The average Bonchev–Trinajstić information content (AvgIpc) is 2.70. The van der Waals surface area contributed by atoms with Crippen molar-refractivity contribution in [3.05, 3.63) is 54.7 Å². The summed E-state index contributed by atoms with van der Waals surface area (Å²) in [5.74, 6) is -0.124. The van der Waals surface area contributed by atoms with E-state index in [2.05, 4.69) is 15.0 Å². The summed E-state index contributed by atoms with van der Waals surface area (Å²) in [6.07, 6.45) is 6.21. The Morgan fingerprint density at radius 1 is 1.19 bits per heavy atom. The van der Waals surface area contributed by atoms with E-state index in [1.165, 1.54) is 4.90 Å². The number of aromatic nitrogens is 3. The standard InChI is InChI=1S/C20H20FN5O/c21-17-12-26(6-3-18(17)22)20(27)9-16-8-15-7-13(1-2-14(15)10-25-16)19-11-23-4-5-24-19/h1-2,4-5,7-8,10-11,17-18H,3,6,9,12,22H2/t17-,18-/m0/s1. The molecule has 3 aromatic rings. The summed E-state index contributed by atoms with van der Waals surface area (Å²) in [6.45, 7) is 0.551. The van der Waals surface area contributed by atoms with Crippen LogP contribution in [0.2, 0.25) is 0 Å². The van der Waals surface area contributed by atoms with Gasteiger partial charge in [-0.15, -0.1) is 0 Å². The second kappa shape index (κ2) is 7.36. The Morgan fingerprint density at radius 3 is 2.85 bits per heavy atom. The number of hydrogen-bond donors (Lipinski definition) is 1. The van der Waals surface area contributed by atoms with Gasteiger partial charge in [0.05, 0.1) is 30.6 Å². The largest absolute Gasteiger partial charge is 0.339 e. The van der Waals surface area contributed by atoms with Crippen molar-refractivity contribution in [1.82, 2.24) is 19.9 Å². The molecule has 2 atom stereocenters. The number of amides is 1. The zero-order valence-electron chi connectivity index (χ0n) is 14.8. The van der Waals surface area contributed by atoms with Crippen molar-refractivity contribution in [2.75, 3.05) is 13.1 Å². The number of carbonyl (C=O) groups is 1. The summed E-state index contributed by atoms with van der Waals surface area (Å²) >= 11 is 0. The molecule has 138 valence electrons. The van der Waals surface area contributed by atoms with Crippen LogP contribution in [0.3, 0.4) is 0 Å². The van der Waals surface area contributed by atoms with E-state index in [0.29, 0.717) is 18.7 Å². The van der Waals surface area contributed by atoms with Gasteiger partial charge in [-0.25, -0.2) is 4.39 Å². The first-order chi connectivity index (χ1) is 13.1. The van der Waals surface area contributed by atoms with Gasteiger partial charge < -0.3 is 10.6 Å². The number of nitrogens with two attached hydrogens (primary N) is 1. The van der Waals surface area contributed by atoms with Crippen molar-refractivity contribution in [3.8, 4) is 11.3 Å². The number of fused-ring (bicyclic) bond motifs is 1. The van der Waals surface area contributed by atoms with Gasteiger partial charge >= 0.3 is 0 Å². The molecular weight excluding hydrogens is 345 g/mol. The number of carbonyl (C=O) groups excluding carboxylic acids is 1. The lowest BCUT2D eigenvalue weighted by Crippen LogP contribution is -2.50. The van der Waals surface area contributed by atoms with Crippen molar-refractivity contribution >= 4 is 16.7 Å². The summed E-state index contributed by atoms with van der Waals surface area (Å²) in [4.78, 5) is 26.8. The molecule has 0 spiro atoms. The highest BCUT2D eigenvalue weighted by atomic mass is 19.1. The van der Waals surface area contributed by atoms with E-state index in [-0.39, 0.29) is 18.9 Å². The molecule has 1 saturated heterocycles. The summed E-state index contributed by atoms with van der Waals surface area (Å²) in [5, 5.41) is 1.95. The van der Waals surface area contributed by atoms with Crippen LogP contribution in [0.1, 0.15) is 12.1 Å². The maximum absolute atomic E-state index is 13.8. The molecule has 0 radical (unpaired) electrons. The normalized spacial score (nSPS) is 20.0. The van der Waals surface area contributed by atoms with Gasteiger partial charge in [0.2, 0.25) is 5.91 Å². The fourth-order valence-corrected chi connectivity index (χ4v) is 3.31. The molecule has 0 bridgehead atoms. The quantitative estimate of drug-likeness (QED) is 0.769. The Hall–Kier alpha value is -2.93. The third kappa shape index (κ3) is 3.78. The van der Waals surface area contributed by atoms with Crippen molar-refractivity contribution in [2.24, 2.45) is 5.73 Å². The SMILES string of the molecule is N[C@H]1CCN(C(=O)Cc2cc3cc(-c4cnccn4)ccc3cn2)C[C@@H]1F. The van der Waals surface area contributed by atoms with Crippen LogP contribution >= 0.6 is 0 Å². The molecule has 1 fully saturated rings. The second-order valence-corrected chi connectivity index (χ2v) is 6.81. The number of hydrogen-bond acceptors (Lipinski definition) is 5. The smallest absolute Gasteiger partial charge is 0.228 e. The zero-order chi connectivity index (χ0) is 18.8. The van der Waals surface area contributed by atoms with Gasteiger partial charge in [-0.1, -0.05) is 12.1 Å². The van der Waals surface area contributed by atoms with Gasteiger partial charge in [0.25, 0.3) is 0 Å². The summed E-state index contributed by atoms with van der Waals surface area (Å²) in [7, 11) is 0. The number of piperidine rings is 1. The minimum atomic E-state index is -1.16. The first kappa shape index (κ1) is 17.5. The lowest BCUT2D eigenvalue weighted by molar-refractivity contribution is -0.132. The number of rotatable bonds is 3. The number of pyridine rings is 1. The molecule has 27 heavy (non-hydrogen) atoms. The molecule has 2 N–H and O–H groups in total. The average molecular weight is 365 g/mol. The number of likely N-dealkylation sites (tertiary alicyclic amines) is 1. The van der Waals surface area contributed by atoms with E-state index in [4.69, 9.17) is 5.73 Å². The molecule has 0 saturated carbocycles. The summed E-state index contributed by atoms with van der Waals surface area (Å²) < 4.78 is 13.8. The molecule has 0 aliphatic carbocycles. The van der Waals surface area contributed by atoms with E-state index < -0.39 is 12.2 Å². The monoisotopic (exact) mass is 365 g/mol. The topological polar surface area (TPSA) is 85.0 Å². The Labute approximate surface area is 156 Å². The predicted octanol–water partition coefficient (Wildman–Crippen LogP) is 2.13. The van der Waals surface area contributed by atoms with Gasteiger partial charge in [-0.3, -0.25) is 19.7 Å². The van der Waals surface area contributed by atoms with Gasteiger partial charge in [-0.2, -0.15) is 0 Å². The minimum absolute atomic E-state index is 0.0599. The van der Waals surface area contributed by atoms with Crippen LogP contribution in [0.15, 0.2) is 49.1 Å². The maximum atomic E-state index is 13.8. The van der Waals surface area contributed by atoms with Crippen LogP contribution in [0.25, 0.3) is 22.0 Å². The molecule has 3 heterocycles. The number of halogens is 1. The molecule has 1 aliphatic rings. The second-order valence-electron chi connectivity index (χ2n) is 6.81. The Balaban J connectivity index is 1.55. The first-order valence-corrected chi connectivity index (χ1v) is 8.92. The fourth-order valence-electron chi connectivity index (χ4n) is 3.31. The van der Waals surface area contributed by atoms with Gasteiger partial charge in [0.1, 0.15) is 6.17 Å². The van der Waals surface area contributed by atoms with Gasteiger partial charge in [0, 0.05) is 42.1 Å². The molecular formula is C20H20FN5O. The van der Waals surface area contributed by atoms with Crippen molar-refractivity contribution in [3.63, 3.8) is 0 Å². The van der Waals surface area contributed by atoms with Crippen molar-refractivity contribution in [1.29, 1.82) is 0 Å². The molecule has 1 aliphatic heterocycles. The van der Waals surface area contributed by atoms with E-state index in [9.17, 15) is 9.18 Å². The van der Waals surface area contributed by atoms with Crippen LogP contribution in [0.5, 0.6) is 0 Å². The number of nitrogens with zero attached hydrogens (tertiary/aromatic N) is 4. The highest BCUT2D eigenvalue weighted by Gasteiger charge is 2.29. The van der Waals surface area contributed by atoms with Crippen LogP contribution in [-0.2, 0) is 11.2 Å². The lowest BCUT2D eigenvalue weighted by atomic mass is 10.0. The van der Waals surface area contributed by atoms with E-state index in [0.717, 1.165) is 22.0 Å². The van der Waals surface area contributed by atoms with Crippen LogP contribution < -0.4 is 5.73 Å². The van der Waals surface area contributed by atoms with Gasteiger partial charge in [0.15, 0.2) is 0 Å². The van der Waals surface area contributed by atoms with Crippen LogP contribution in [-0.4, -0.2) is 51.1 Å². The third-order valence-electron chi connectivity index (χ3n) is 4.91. The molecule has 2 aromatic heterocycles. The Morgan fingerprint density at radius 2 is 2.07 bits per heavy atom. The highest BCUT2D eigenvalue weighted by Crippen LogP contribution is 2.23. The Bertz CT molecular complexity index is 965. The molecule has 7 heteroatoms. The highest BCUT2D eigenvalue weighted by molar-refractivity contribution is 5.87. The molecule has 1 aromatic carbocycles. The lowest BCUT2D eigenvalue weighted by Gasteiger charge is -2.32. The van der Waals surface area contributed by atoms with E-state index >= 15 is 0 Å². The predicted molar refractivity (Wildman–Crippen MR) is 101 cm³/mol. The van der Waals surface area contributed by atoms with Crippen LogP contribution in [0.4, 0.5) is 4.39 Å². The van der Waals surface area contributed by atoms with E-state index in [1.807, 2.05) is 24.3 Å². The molecule has 1 amide bonds. The minimum Gasteiger partial charge on any atom is -0.339 e. The first-order valence-electron chi connectivity index (χ1n) is 8.92. The fraction of sp³-hybridized carbons (Fsp3) is 0.300. The van der Waals surface area contributed by atoms with Crippen molar-refractivity contribution < 1.29 is 9.18 Å². The summed E-state index contributed by atoms with van der Waals surface area (Å²) in [6, 6.07) is 7.37. The third-order valence-corrected chi connectivity index (χ3v) is 4.91. The molecule has 4 rings (SSSR count). The van der Waals surface area contributed by atoms with Crippen molar-refractivity contribution in [2.45, 2.75) is 25.1 Å². The maximum Gasteiger partial charge on any atom is 0.228 e.